The third kappa shape index (κ3) is 4.67. The van der Waals surface area contributed by atoms with E-state index in [1.54, 1.807) is 36.4 Å². The van der Waals surface area contributed by atoms with E-state index in [0.29, 0.717) is 23.5 Å². The van der Waals surface area contributed by atoms with Gasteiger partial charge in [-0.25, -0.2) is 4.79 Å². The molecule has 2 unspecified atom stereocenters. The molecule has 4 N–H and O–H groups in total. The zero-order valence-corrected chi connectivity index (χ0v) is 18.0. The molecule has 3 aromatic rings. The fourth-order valence-electron chi connectivity index (χ4n) is 3.85. The standard InChI is InChI=1S/C26H23N3O4/c1-15-8-10-16(11-9-15)14-33-20-7-3-4-17(13-20)22(27)21-23(28)25(30)29-24(21)18-5-2-6-19(12-18)26(31)32/h2-13,21,24,27-28H,14H2,1H3,(H,29,30)(H,31,32). The van der Waals surface area contributed by atoms with Gasteiger partial charge in [-0.05, 0) is 47.9 Å². The van der Waals surface area contributed by atoms with E-state index >= 15 is 0 Å². The van der Waals surface area contributed by atoms with Crippen LogP contribution in [0.3, 0.4) is 0 Å². The first-order chi connectivity index (χ1) is 15.8. The summed E-state index contributed by atoms with van der Waals surface area (Å²) < 4.78 is 5.89. The van der Waals surface area contributed by atoms with Gasteiger partial charge < -0.3 is 20.6 Å². The zero-order valence-electron chi connectivity index (χ0n) is 18.0. The number of hydrogen-bond acceptors (Lipinski definition) is 5. The molecule has 1 fully saturated rings. The molecule has 1 amide bonds. The maximum Gasteiger partial charge on any atom is 0.335 e. The molecule has 166 valence electrons. The third-order valence-electron chi connectivity index (χ3n) is 5.65. The van der Waals surface area contributed by atoms with Crippen LogP contribution in [-0.4, -0.2) is 28.4 Å². The Kier molecular flexibility index (Phi) is 6.04. The van der Waals surface area contributed by atoms with Gasteiger partial charge in [0.15, 0.2) is 0 Å². The van der Waals surface area contributed by atoms with Crippen LogP contribution in [0.15, 0.2) is 72.8 Å². The Labute approximate surface area is 191 Å². The van der Waals surface area contributed by atoms with Crippen LogP contribution in [0.25, 0.3) is 0 Å². The normalized spacial score (nSPS) is 17.5. The van der Waals surface area contributed by atoms with Crippen LogP contribution in [0.5, 0.6) is 5.75 Å². The number of carboxylic acids is 1. The first-order valence-corrected chi connectivity index (χ1v) is 10.4. The number of carboxylic acid groups (broad SMARTS) is 1. The number of nitrogens with one attached hydrogen (secondary N) is 3. The predicted octanol–water partition coefficient (Wildman–Crippen LogP) is 4.15. The average Bonchev–Trinajstić information content (AvgIpc) is 3.12. The second-order valence-corrected chi connectivity index (χ2v) is 7.99. The lowest BCUT2D eigenvalue weighted by Gasteiger charge is -2.21. The van der Waals surface area contributed by atoms with Gasteiger partial charge in [-0.1, -0.05) is 54.1 Å². The van der Waals surface area contributed by atoms with Crippen molar-refractivity contribution in [2.24, 2.45) is 5.92 Å². The molecule has 0 saturated carbocycles. The summed E-state index contributed by atoms with van der Waals surface area (Å²) in [5, 5.41) is 29.1. The largest absolute Gasteiger partial charge is 0.489 e. The Morgan fingerprint density at radius 1 is 1.03 bits per heavy atom. The topological polar surface area (TPSA) is 123 Å². The van der Waals surface area contributed by atoms with Crippen molar-refractivity contribution in [2.75, 3.05) is 0 Å². The summed E-state index contributed by atoms with van der Waals surface area (Å²) in [6.07, 6.45) is 0. The van der Waals surface area contributed by atoms with E-state index in [-0.39, 0.29) is 17.0 Å². The number of benzene rings is 3. The fourth-order valence-corrected chi connectivity index (χ4v) is 3.85. The summed E-state index contributed by atoms with van der Waals surface area (Å²) in [5.41, 5.74) is 3.19. The van der Waals surface area contributed by atoms with E-state index in [1.165, 1.54) is 17.7 Å². The Bertz CT molecular complexity index is 1250. The molecule has 0 spiro atoms. The highest BCUT2D eigenvalue weighted by Crippen LogP contribution is 2.32. The van der Waals surface area contributed by atoms with Gasteiger partial charge >= 0.3 is 5.97 Å². The van der Waals surface area contributed by atoms with Gasteiger partial charge in [-0.15, -0.1) is 0 Å². The highest BCUT2D eigenvalue weighted by molar-refractivity contribution is 6.45. The molecule has 2 atom stereocenters. The molecule has 1 heterocycles. The van der Waals surface area contributed by atoms with Gasteiger partial charge in [0.2, 0.25) is 0 Å². The van der Waals surface area contributed by atoms with Crippen LogP contribution in [-0.2, 0) is 11.4 Å². The maximum atomic E-state index is 12.3. The number of aryl methyl sites for hydroxylation is 1. The second kappa shape index (κ2) is 9.08. The van der Waals surface area contributed by atoms with E-state index in [1.807, 2.05) is 31.2 Å². The smallest absolute Gasteiger partial charge is 0.335 e. The fraction of sp³-hybridized carbons (Fsp3) is 0.154. The molecule has 7 nitrogen and oxygen atoms in total. The first kappa shape index (κ1) is 22.0. The van der Waals surface area contributed by atoms with Crippen molar-refractivity contribution in [1.29, 1.82) is 10.8 Å². The Balaban J connectivity index is 1.57. The second-order valence-electron chi connectivity index (χ2n) is 7.99. The summed E-state index contributed by atoms with van der Waals surface area (Å²) in [6.45, 7) is 2.39. The molecule has 3 aromatic carbocycles. The van der Waals surface area contributed by atoms with Crippen molar-refractivity contribution in [1.82, 2.24) is 5.32 Å². The molecule has 1 aliphatic rings. The van der Waals surface area contributed by atoms with Gasteiger partial charge in [0.1, 0.15) is 18.1 Å². The zero-order chi connectivity index (χ0) is 23.5. The number of carbonyl (C=O) groups excluding carboxylic acids is 1. The van der Waals surface area contributed by atoms with Crippen LogP contribution in [0.1, 0.15) is 38.7 Å². The average molecular weight is 441 g/mol. The van der Waals surface area contributed by atoms with Crippen molar-refractivity contribution in [2.45, 2.75) is 19.6 Å². The summed E-state index contributed by atoms with van der Waals surface area (Å²) in [4.78, 5) is 23.7. The Morgan fingerprint density at radius 3 is 2.45 bits per heavy atom. The van der Waals surface area contributed by atoms with E-state index in [0.717, 1.165) is 5.56 Å². The number of ether oxygens (including phenoxy) is 1. The molecular formula is C26H23N3O4. The number of amides is 1. The summed E-state index contributed by atoms with van der Waals surface area (Å²) >= 11 is 0. The van der Waals surface area contributed by atoms with E-state index in [2.05, 4.69) is 5.32 Å². The highest BCUT2D eigenvalue weighted by Gasteiger charge is 2.42. The number of aromatic carboxylic acids is 1. The van der Waals surface area contributed by atoms with Crippen LogP contribution in [0, 0.1) is 23.7 Å². The monoisotopic (exact) mass is 441 g/mol. The molecule has 4 rings (SSSR count). The van der Waals surface area contributed by atoms with Gasteiger partial charge in [-0.3, -0.25) is 10.2 Å². The van der Waals surface area contributed by atoms with Crippen molar-refractivity contribution in [3.63, 3.8) is 0 Å². The maximum absolute atomic E-state index is 12.3. The molecular weight excluding hydrogens is 418 g/mol. The van der Waals surface area contributed by atoms with Crippen molar-refractivity contribution >= 4 is 23.3 Å². The van der Waals surface area contributed by atoms with Crippen LogP contribution < -0.4 is 10.1 Å². The van der Waals surface area contributed by atoms with E-state index < -0.39 is 23.8 Å². The molecule has 0 radical (unpaired) electrons. The minimum absolute atomic E-state index is 0.0805. The van der Waals surface area contributed by atoms with Crippen molar-refractivity contribution in [3.05, 3.63) is 101 Å². The molecule has 7 heteroatoms. The lowest BCUT2D eigenvalue weighted by Crippen LogP contribution is -2.26. The van der Waals surface area contributed by atoms with Crippen molar-refractivity contribution in [3.8, 4) is 5.75 Å². The Morgan fingerprint density at radius 2 is 1.73 bits per heavy atom. The highest BCUT2D eigenvalue weighted by atomic mass is 16.5. The molecule has 0 aromatic heterocycles. The number of carbonyl (C=O) groups is 2. The number of rotatable bonds is 7. The third-order valence-corrected chi connectivity index (χ3v) is 5.65. The lowest BCUT2D eigenvalue weighted by atomic mass is 9.85. The predicted molar refractivity (Wildman–Crippen MR) is 124 cm³/mol. The van der Waals surface area contributed by atoms with Gasteiger partial charge in [0.05, 0.1) is 23.2 Å². The lowest BCUT2D eigenvalue weighted by molar-refractivity contribution is -0.114. The number of hydrogen-bond donors (Lipinski definition) is 4. The molecule has 1 saturated heterocycles. The quantitative estimate of drug-likeness (QED) is 0.411. The molecule has 33 heavy (non-hydrogen) atoms. The molecule has 0 bridgehead atoms. The summed E-state index contributed by atoms with van der Waals surface area (Å²) in [5.74, 6) is -1.93. The van der Waals surface area contributed by atoms with E-state index in [9.17, 15) is 14.7 Å². The van der Waals surface area contributed by atoms with Crippen LogP contribution >= 0.6 is 0 Å². The summed E-state index contributed by atoms with van der Waals surface area (Å²) in [6, 6.07) is 20.5. The van der Waals surface area contributed by atoms with Gasteiger partial charge in [-0.2, -0.15) is 0 Å². The van der Waals surface area contributed by atoms with E-state index in [4.69, 9.17) is 15.6 Å². The minimum atomic E-state index is -1.08. The summed E-state index contributed by atoms with van der Waals surface area (Å²) in [7, 11) is 0. The Hall–Kier alpha value is -4.26. The van der Waals surface area contributed by atoms with Gasteiger partial charge in [0.25, 0.3) is 5.91 Å². The van der Waals surface area contributed by atoms with Gasteiger partial charge in [0, 0.05) is 0 Å². The molecule has 1 aliphatic heterocycles. The first-order valence-electron chi connectivity index (χ1n) is 10.4. The van der Waals surface area contributed by atoms with Crippen LogP contribution in [0.4, 0.5) is 0 Å². The molecule has 0 aliphatic carbocycles. The van der Waals surface area contributed by atoms with Crippen molar-refractivity contribution < 1.29 is 19.4 Å². The van der Waals surface area contributed by atoms with Crippen LogP contribution in [0.2, 0.25) is 0 Å². The minimum Gasteiger partial charge on any atom is -0.489 e. The SMILES string of the molecule is Cc1ccc(COc2cccc(C(=N)C3C(=N)C(=O)NC3c3cccc(C(=O)O)c3)c2)cc1.